The molecule has 0 radical (unpaired) electrons. The number of rotatable bonds is 4. The van der Waals surface area contributed by atoms with Gasteiger partial charge in [-0.05, 0) is 13.0 Å². The van der Waals surface area contributed by atoms with Crippen LogP contribution >= 0.6 is 0 Å². The maximum atomic E-state index is 10.5. The highest BCUT2D eigenvalue weighted by atomic mass is 16.1. The van der Waals surface area contributed by atoms with Crippen LogP contribution in [0.2, 0.25) is 0 Å². The summed E-state index contributed by atoms with van der Waals surface area (Å²) in [5.74, 6) is -0.264. The molecule has 3 nitrogen and oxygen atoms in total. The lowest BCUT2D eigenvalue weighted by molar-refractivity contribution is -0.120. The van der Waals surface area contributed by atoms with Crippen molar-refractivity contribution in [2.75, 3.05) is 6.54 Å². The van der Waals surface area contributed by atoms with Crippen LogP contribution in [-0.2, 0) is 4.79 Å². The van der Waals surface area contributed by atoms with E-state index in [1.807, 2.05) is 13.8 Å². The fourth-order valence-corrected chi connectivity index (χ4v) is 0.693. The van der Waals surface area contributed by atoms with E-state index in [1.165, 1.54) is 0 Å². The molecule has 0 aliphatic heterocycles. The van der Waals surface area contributed by atoms with Crippen molar-refractivity contribution in [3.63, 3.8) is 0 Å². The van der Waals surface area contributed by atoms with Crippen molar-refractivity contribution in [2.24, 2.45) is 5.73 Å². The molecule has 0 bridgehead atoms. The topological polar surface area (TPSA) is 55.1 Å². The molecule has 0 rings (SSSR count). The first kappa shape index (κ1) is 8.43. The average Bonchev–Trinajstić information content (AvgIpc) is 1.82. The summed E-state index contributed by atoms with van der Waals surface area (Å²) in [4.78, 5) is 10.5. The van der Waals surface area contributed by atoms with Gasteiger partial charge in [0.1, 0.15) is 0 Å². The summed E-state index contributed by atoms with van der Waals surface area (Å²) in [5, 5.41) is 2.96. The van der Waals surface area contributed by atoms with Gasteiger partial charge in [0.2, 0.25) is 5.91 Å². The number of hydrogen-bond acceptors (Lipinski definition) is 2. The van der Waals surface area contributed by atoms with Gasteiger partial charge in [-0.25, -0.2) is 0 Å². The number of primary amides is 1. The third-order valence-electron chi connectivity index (χ3n) is 1.20. The van der Waals surface area contributed by atoms with Gasteiger partial charge in [-0.1, -0.05) is 13.8 Å². The lowest BCUT2D eigenvalue weighted by Gasteiger charge is -2.09. The van der Waals surface area contributed by atoms with Gasteiger partial charge in [-0.3, -0.25) is 4.79 Å². The summed E-state index contributed by atoms with van der Waals surface area (Å²) in [5.41, 5.74) is 5.03. The smallest absolute Gasteiger partial charge is 0.234 e. The standard InChI is InChI=1S/C6H14N2O/c1-3-5(6(7)9)8-4-2/h5,8H,3-4H2,1-2H3,(H2,7,9). The second-order valence-corrected chi connectivity index (χ2v) is 1.92. The van der Waals surface area contributed by atoms with E-state index in [9.17, 15) is 4.79 Å². The number of carbonyl (C=O) groups is 1. The molecule has 0 aromatic heterocycles. The minimum absolute atomic E-state index is 0.144. The Bertz CT molecular complexity index is 93.1. The zero-order chi connectivity index (χ0) is 7.28. The van der Waals surface area contributed by atoms with E-state index in [1.54, 1.807) is 0 Å². The fraction of sp³-hybridized carbons (Fsp3) is 0.833. The molecule has 3 N–H and O–H groups in total. The number of nitrogens with one attached hydrogen (secondary N) is 1. The number of amides is 1. The molecule has 0 aromatic rings. The Morgan fingerprint density at radius 1 is 1.67 bits per heavy atom. The second kappa shape index (κ2) is 4.32. The Hall–Kier alpha value is -0.570. The van der Waals surface area contributed by atoms with E-state index in [0.29, 0.717) is 0 Å². The summed E-state index contributed by atoms with van der Waals surface area (Å²) in [6.07, 6.45) is 0.767. The first-order chi connectivity index (χ1) is 4.22. The summed E-state index contributed by atoms with van der Waals surface area (Å²) in [7, 11) is 0. The lowest BCUT2D eigenvalue weighted by Crippen LogP contribution is -2.40. The van der Waals surface area contributed by atoms with Gasteiger partial charge in [0.25, 0.3) is 0 Å². The van der Waals surface area contributed by atoms with Crippen molar-refractivity contribution in [3.05, 3.63) is 0 Å². The summed E-state index contributed by atoms with van der Waals surface area (Å²) < 4.78 is 0. The van der Waals surface area contributed by atoms with Crippen LogP contribution in [0.3, 0.4) is 0 Å². The zero-order valence-corrected chi connectivity index (χ0v) is 5.98. The highest BCUT2D eigenvalue weighted by molar-refractivity contribution is 5.79. The molecule has 0 saturated heterocycles. The van der Waals surface area contributed by atoms with Gasteiger partial charge >= 0.3 is 0 Å². The second-order valence-electron chi connectivity index (χ2n) is 1.92. The van der Waals surface area contributed by atoms with Gasteiger partial charge < -0.3 is 11.1 Å². The molecular weight excluding hydrogens is 116 g/mol. The number of carbonyl (C=O) groups excluding carboxylic acids is 1. The molecule has 0 heterocycles. The first-order valence-electron chi connectivity index (χ1n) is 3.25. The predicted molar refractivity (Wildman–Crippen MR) is 37.0 cm³/mol. The number of hydrogen-bond donors (Lipinski definition) is 2. The van der Waals surface area contributed by atoms with Crippen LogP contribution in [0.4, 0.5) is 0 Å². The third-order valence-corrected chi connectivity index (χ3v) is 1.20. The normalized spacial score (nSPS) is 13.1. The molecule has 0 spiro atoms. The molecule has 0 aliphatic rings. The largest absolute Gasteiger partial charge is 0.368 e. The molecule has 54 valence electrons. The third kappa shape index (κ3) is 3.08. The average molecular weight is 130 g/mol. The van der Waals surface area contributed by atoms with Gasteiger partial charge in [0.15, 0.2) is 0 Å². The lowest BCUT2D eigenvalue weighted by atomic mass is 10.2. The minimum Gasteiger partial charge on any atom is -0.368 e. The predicted octanol–water partition coefficient (Wildman–Crippen LogP) is -0.140. The maximum Gasteiger partial charge on any atom is 0.234 e. The molecule has 3 heteroatoms. The van der Waals surface area contributed by atoms with Crippen LogP contribution in [0.25, 0.3) is 0 Å². The molecule has 9 heavy (non-hydrogen) atoms. The summed E-state index contributed by atoms with van der Waals surface area (Å²) >= 11 is 0. The first-order valence-corrected chi connectivity index (χ1v) is 3.25. The van der Waals surface area contributed by atoms with Gasteiger partial charge in [-0.15, -0.1) is 0 Å². The molecular formula is C6H14N2O. The SMILES string of the molecule is CCNC(CC)C(N)=O. The Kier molecular flexibility index (Phi) is 4.05. The summed E-state index contributed by atoms with van der Waals surface area (Å²) in [6, 6.07) is -0.144. The van der Waals surface area contributed by atoms with E-state index in [0.717, 1.165) is 13.0 Å². The Morgan fingerprint density at radius 2 is 2.22 bits per heavy atom. The van der Waals surface area contributed by atoms with Crippen LogP contribution in [0.5, 0.6) is 0 Å². The quantitative estimate of drug-likeness (QED) is 0.556. The van der Waals surface area contributed by atoms with Crippen molar-refractivity contribution >= 4 is 5.91 Å². The van der Waals surface area contributed by atoms with Crippen molar-refractivity contribution in [1.82, 2.24) is 5.32 Å². The Balaban J connectivity index is 3.54. The zero-order valence-electron chi connectivity index (χ0n) is 5.98. The number of nitrogens with two attached hydrogens (primary N) is 1. The van der Waals surface area contributed by atoms with Gasteiger partial charge in [-0.2, -0.15) is 0 Å². The number of likely N-dealkylation sites (N-methyl/N-ethyl adjacent to an activating group) is 1. The van der Waals surface area contributed by atoms with Crippen LogP contribution < -0.4 is 11.1 Å². The Morgan fingerprint density at radius 3 is 2.33 bits per heavy atom. The van der Waals surface area contributed by atoms with Crippen LogP contribution in [-0.4, -0.2) is 18.5 Å². The van der Waals surface area contributed by atoms with Gasteiger partial charge in [0.05, 0.1) is 6.04 Å². The van der Waals surface area contributed by atoms with E-state index in [2.05, 4.69) is 5.32 Å². The Labute approximate surface area is 55.6 Å². The molecule has 0 aromatic carbocycles. The van der Waals surface area contributed by atoms with Crippen LogP contribution in [0, 0.1) is 0 Å². The molecule has 1 amide bonds. The highest BCUT2D eigenvalue weighted by Gasteiger charge is 2.08. The van der Waals surface area contributed by atoms with Crippen molar-refractivity contribution in [3.8, 4) is 0 Å². The summed E-state index contributed by atoms with van der Waals surface area (Å²) in [6.45, 7) is 4.67. The molecule has 0 saturated carbocycles. The highest BCUT2D eigenvalue weighted by Crippen LogP contribution is 1.86. The molecule has 0 aliphatic carbocycles. The maximum absolute atomic E-state index is 10.5. The van der Waals surface area contributed by atoms with Crippen LogP contribution in [0.15, 0.2) is 0 Å². The van der Waals surface area contributed by atoms with Crippen molar-refractivity contribution in [2.45, 2.75) is 26.3 Å². The molecule has 1 atom stereocenters. The monoisotopic (exact) mass is 130 g/mol. The fourth-order valence-electron chi connectivity index (χ4n) is 0.693. The minimum atomic E-state index is -0.264. The van der Waals surface area contributed by atoms with Crippen LogP contribution in [0.1, 0.15) is 20.3 Å². The van der Waals surface area contributed by atoms with E-state index in [-0.39, 0.29) is 11.9 Å². The molecule has 1 unspecified atom stereocenters. The molecule has 0 fully saturated rings. The van der Waals surface area contributed by atoms with Gasteiger partial charge in [0, 0.05) is 0 Å². The van der Waals surface area contributed by atoms with Crippen molar-refractivity contribution < 1.29 is 4.79 Å². The van der Waals surface area contributed by atoms with Crippen molar-refractivity contribution in [1.29, 1.82) is 0 Å². The van der Waals surface area contributed by atoms with E-state index >= 15 is 0 Å². The van der Waals surface area contributed by atoms with E-state index in [4.69, 9.17) is 5.73 Å². The van der Waals surface area contributed by atoms with E-state index < -0.39 is 0 Å².